The Morgan fingerprint density at radius 2 is 1.91 bits per heavy atom. The van der Waals surface area contributed by atoms with E-state index in [1.165, 1.54) is 18.5 Å². The van der Waals surface area contributed by atoms with Gasteiger partial charge in [0.05, 0.1) is 41.6 Å². The Morgan fingerprint density at radius 3 is 2.64 bits per heavy atom. The quantitative estimate of drug-likeness (QED) is 0.538. The standard InChI is InChI=1S/C23H25FN4O4S/c1-33(2,29)28-15-10-19-22(21(11-15)31-16-4-5-16)23(26-13-25-19)27-18-6-3-14(24)9-20(18)32-17-7-8-30-12-17/h3,6,9-11,13,16-17H,4-5,7-8,12H2,1-2H3,(H,25,26,27)/t17-/m0/s1. The second-order valence-corrected chi connectivity index (χ2v) is 11.1. The fourth-order valence-corrected chi connectivity index (χ4v) is 4.22. The predicted octanol–water partition coefficient (Wildman–Crippen LogP) is 4.58. The summed E-state index contributed by atoms with van der Waals surface area (Å²) in [5.74, 6) is 1.04. The molecule has 1 atom stereocenters. The van der Waals surface area contributed by atoms with Crippen LogP contribution in [0.5, 0.6) is 11.5 Å². The van der Waals surface area contributed by atoms with Crippen molar-refractivity contribution in [1.29, 1.82) is 0 Å². The maximum absolute atomic E-state index is 14.0. The van der Waals surface area contributed by atoms with Gasteiger partial charge >= 0.3 is 0 Å². The minimum atomic E-state index is -2.36. The van der Waals surface area contributed by atoms with E-state index in [4.69, 9.17) is 14.2 Å². The Labute approximate surface area is 191 Å². The van der Waals surface area contributed by atoms with Gasteiger partial charge < -0.3 is 19.5 Å². The van der Waals surface area contributed by atoms with Gasteiger partial charge in [-0.05, 0) is 31.0 Å². The number of nitrogens with one attached hydrogen (secondary N) is 1. The monoisotopic (exact) mass is 472 g/mol. The molecule has 0 amide bonds. The summed E-state index contributed by atoms with van der Waals surface area (Å²) in [4.78, 5) is 8.82. The summed E-state index contributed by atoms with van der Waals surface area (Å²) in [5.41, 5.74) is 1.70. The molecule has 1 aliphatic heterocycles. The SMILES string of the molecule is CS(C)(=O)=Nc1cc(OC2CC2)c2c(Nc3ccc(F)cc3O[C@H]3CCOC3)ncnc2c1. The zero-order valence-corrected chi connectivity index (χ0v) is 19.2. The van der Waals surface area contributed by atoms with Crippen molar-refractivity contribution in [3.8, 4) is 11.5 Å². The molecule has 1 aromatic heterocycles. The van der Waals surface area contributed by atoms with E-state index in [0.717, 1.165) is 19.3 Å². The van der Waals surface area contributed by atoms with Crippen molar-refractivity contribution >= 4 is 37.8 Å². The van der Waals surface area contributed by atoms with E-state index >= 15 is 0 Å². The van der Waals surface area contributed by atoms with Crippen molar-refractivity contribution in [3.05, 3.63) is 42.5 Å². The lowest BCUT2D eigenvalue weighted by Gasteiger charge is -2.18. The van der Waals surface area contributed by atoms with Crippen LogP contribution >= 0.6 is 0 Å². The number of aromatic nitrogens is 2. The zero-order chi connectivity index (χ0) is 23.0. The summed E-state index contributed by atoms with van der Waals surface area (Å²) in [6.45, 7) is 1.09. The molecular weight excluding hydrogens is 447 g/mol. The zero-order valence-electron chi connectivity index (χ0n) is 18.4. The van der Waals surface area contributed by atoms with Crippen LogP contribution in [0.4, 0.5) is 21.6 Å². The van der Waals surface area contributed by atoms with Crippen LogP contribution in [0.2, 0.25) is 0 Å². The molecule has 10 heteroatoms. The van der Waals surface area contributed by atoms with Crippen molar-refractivity contribution in [3.63, 3.8) is 0 Å². The Morgan fingerprint density at radius 1 is 1.09 bits per heavy atom. The molecule has 3 aromatic rings. The fraction of sp³-hybridized carbons (Fsp3) is 0.391. The van der Waals surface area contributed by atoms with Gasteiger partial charge in [0.15, 0.2) is 0 Å². The average molecular weight is 473 g/mol. The summed E-state index contributed by atoms with van der Waals surface area (Å²) >= 11 is 0. The first kappa shape index (κ1) is 21.8. The maximum Gasteiger partial charge on any atom is 0.146 e. The summed E-state index contributed by atoms with van der Waals surface area (Å²) in [6.07, 6.45) is 7.26. The molecule has 0 spiro atoms. The number of anilines is 2. The van der Waals surface area contributed by atoms with Gasteiger partial charge in [-0.2, -0.15) is 4.36 Å². The molecule has 5 rings (SSSR count). The van der Waals surface area contributed by atoms with E-state index in [2.05, 4.69) is 19.6 Å². The molecule has 174 valence electrons. The van der Waals surface area contributed by atoms with Gasteiger partial charge in [-0.15, -0.1) is 0 Å². The van der Waals surface area contributed by atoms with Crippen LogP contribution in [0, 0.1) is 5.82 Å². The maximum atomic E-state index is 14.0. The number of hydrogen-bond donors (Lipinski definition) is 1. The molecule has 2 fully saturated rings. The molecule has 2 aromatic carbocycles. The van der Waals surface area contributed by atoms with Crippen LogP contribution in [0.3, 0.4) is 0 Å². The molecule has 33 heavy (non-hydrogen) atoms. The van der Waals surface area contributed by atoms with E-state index in [1.54, 1.807) is 30.7 Å². The third kappa shape index (κ3) is 5.33. The molecule has 1 saturated heterocycles. The number of fused-ring (bicyclic) bond motifs is 1. The Hall–Kier alpha value is -2.98. The molecule has 2 aliphatic rings. The van der Waals surface area contributed by atoms with Crippen molar-refractivity contribution < 1.29 is 22.8 Å². The van der Waals surface area contributed by atoms with Crippen LogP contribution in [-0.2, 0) is 14.5 Å². The van der Waals surface area contributed by atoms with Crippen molar-refractivity contribution in [2.24, 2.45) is 4.36 Å². The van der Waals surface area contributed by atoms with Crippen molar-refractivity contribution in [2.75, 3.05) is 31.0 Å². The Balaban J connectivity index is 1.57. The Bertz CT molecular complexity index is 1310. The van der Waals surface area contributed by atoms with Crippen molar-refractivity contribution in [2.45, 2.75) is 31.5 Å². The van der Waals surface area contributed by atoms with E-state index in [1.807, 2.05) is 0 Å². The highest BCUT2D eigenvalue weighted by atomic mass is 32.2. The normalized spacial score (nSPS) is 18.3. The van der Waals surface area contributed by atoms with Crippen LogP contribution < -0.4 is 14.8 Å². The first-order chi connectivity index (χ1) is 15.8. The van der Waals surface area contributed by atoms with Gasteiger partial charge in [-0.3, -0.25) is 0 Å². The minimum Gasteiger partial charge on any atom is -0.489 e. The molecule has 0 radical (unpaired) electrons. The van der Waals surface area contributed by atoms with Gasteiger partial charge in [0.2, 0.25) is 0 Å². The van der Waals surface area contributed by atoms with Crippen LogP contribution in [-0.4, -0.2) is 52.1 Å². The summed E-state index contributed by atoms with van der Waals surface area (Å²) in [7, 11) is -2.36. The molecular formula is C23H25FN4O4S. The van der Waals surface area contributed by atoms with Gasteiger partial charge in [-0.25, -0.2) is 18.6 Å². The fourth-order valence-electron chi connectivity index (χ4n) is 3.61. The minimum absolute atomic E-state index is 0.121. The first-order valence-electron chi connectivity index (χ1n) is 10.8. The van der Waals surface area contributed by atoms with E-state index in [9.17, 15) is 8.60 Å². The number of hydrogen-bond acceptors (Lipinski definition) is 8. The van der Waals surface area contributed by atoms with Crippen LogP contribution in [0.15, 0.2) is 41.0 Å². The van der Waals surface area contributed by atoms with Crippen molar-refractivity contribution in [1.82, 2.24) is 9.97 Å². The topological polar surface area (TPSA) is 94.9 Å². The highest BCUT2D eigenvalue weighted by Crippen LogP contribution is 2.40. The van der Waals surface area contributed by atoms with Crippen LogP contribution in [0.1, 0.15) is 19.3 Å². The molecule has 1 N–H and O–H groups in total. The Kier molecular flexibility index (Phi) is 5.79. The van der Waals surface area contributed by atoms with E-state index < -0.39 is 15.5 Å². The van der Waals surface area contributed by atoms with Gasteiger partial charge in [0, 0.05) is 40.8 Å². The number of nitrogens with zero attached hydrogens (tertiary/aromatic N) is 3. The third-order valence-corrected chi connectivity index (χ3v) is 5.86. The first-order valence-corrected chi connectivity index (χ1v) is 13.1. The molecule has 1 saturated carbocycles. The van der Waals surface area contributed by atoms with Crippen LogP contribution in [0.25, 0.3) is 10.9 Å². The highest BCUT2D eigenvalue weighted by molar-refractivity contribution is 7.92. The molecule has 0 unspecified atom stereocenters. The lowest BCUT2D eigenvalue weighted by molar-refractivity contribution is 0.141. The summed E-state index contributed by atoms with van der Waals surface area (Å²) < 4.78 is 48.1. The second-order valence-electron chi connectivity index (χ2n) is 8.52. The molecule has 8 nitrogen and oxygen atoms in total. The number of benzene rings is 2. The lowest BCUT2D eigenvalue weighted by atomic mass is 10.1. The second kappa shape index (κ2) is 8.75. The molecule has 0 bridgehead atoms. The number of rotatable bonds is 7. The molecule has 2 heterocycles. The number of ether oxygens (including phenoxy) is 3. The van der Waals surface area contributed by atoms with Gasteiger partial charge in [0.1, 0.15) is 35.6 Å². The third-order valence-electron chi connectivity index (χ3n) is 5.21. The summed E-state index contributed by atoms with van der Waals surface area (Å²) in [6, 6.07) is 7.85. The largest absolute Gasteiger partial charge is 0.489 e. The predicted molar refractivity (Wildman–Crippen MR) is 125 cm³/mol. The summed E-state index contributed by atoms with van der Waals surface area (Å²) in [5, 5.41) is 3.94. The highest BCUT2D eigenvalue weighted by Gasteiger charge is 2.26. The van der Waals surface area contributed by atoms with E-state index in [-0.39, 0.29) is 12.2 Å². The van der Waals surface area contributed by atoms with Gasteiger partial charge in [0.25, 0.3) is 0 Å². The lowest BCUT2D eigenvalue weighted by Crippen LogP contribution is -2.16. The molecule has 1 aliphatic carbocycles. The smallest absolute Gasteiger partial charge is 0.146 e. The average Bonchev–Trinajstić information content (AvgIpc) is 3.40. The van der Waals surface area contributed by atoms with Gasteiger partial charge in [-0.1, -0.05) is 0 Å². The number of halogens is 1. The van der Waals surface area contributed by atoms with E-state index in [0.29, 0.717) is 52.8 Å².